The van der Waals surface area contributed by atoms with Crippen LogP contribution in [0.3, 0.4) is 0 Å². The molecule has 0 saturated carbocycles. The van der Waals surface area contributed by atoms with Crippen LogP contribution in [-0.2, 0) is 4.74 Å². The Kier molecular flexibility index (Phi) is 5.44. The van der Waals surface area contributed by atoms with Gasteiger partial charge < -0.3 is 10.1 Å². The van der Waals surface area contributed by atoms with E-state index in [1.807, 2.05) is 11.8 Å². The maximum atomic E-state index is 5.71. The Morgan fingerprint density at radius 1 is 1.53 bits per heavy atom. The molecule has 2 nitrogen and oxygen atoms in total. The predicted octanol–water partition coefficient (Wildman–Crippen LogP) is 2.68. The van der Waals surface area contributed by atoms with Gasteiger partial charge in [0.15, 0.2) is 0 Å². The summed E-state index contributed by atoms with van der Waals surface area (Å²) in [6, 6.07) is 1.28. The molecule has 1 saturated heterocycles. The molecule has 3 heteroatoms. The third-order valence-electron chi connectivity index (χ3n) is 2.97. The van der Waals surface area contributed by atoms with Crippen LogP contribution in [0.2, 0.25) is 0 Å². The molecule has 0 bridgehead atoms. The van der Waals surface area contributed by atoms with Gasteiger partial charge in [-0.25, -0.2) is 0 Å². The zero-order valence-electron chi connectivity index (χ0n) is 10.5. The smallest absolute Gasteiger partial charge is 0.0641 e. The average molecular weight is 231 g/mol. The molecule has 0 aromatic carbocycles. The monoisotopic (exact) mass is 231 g/mol. The van der Waals surface area contributed by atoms with Gasteiger partial charge in [0, 0.05) is 18.7 Å². The summed E-state index contributed by atoms with van der Waals surface area (Å²) < 4.78 is 5.71. The van der Waals surface area contributed by atoms with Gasteiger partial charge in [-0.1, -0.05) is 0 Å². The number of hydrogen-bond donors (Lipinski definition) is 1. The first-order chi connectivity index (χ1) is 7.03. The van der Waals surface area contributed by atoms with Crippen molar-refractivity contribution in [3.63, 3.8) is 0 Å². The van der Waals surface area contributed by atoms with E-state index >= 15 is 0 Å². The molecule has 0 aliphatic carbocycles. The second-order valence-electron chi connectivity index (χ2n) is 5.15. The molecule has 1 aliphatic heterocycles. The fraction of sp³-hybridized carbons (Fsp3) is 1.00. The lowest BCUT2D eigenvalue weighted by Gasteiger charge is -2.37. The van der Waals surface area contributed by atoms with Crippen LogP contribution in [0.4, 0.5) is 0 Å². The first-order valence-corrected chi connectivity index (χ1v) is 7.32. The summed E-state index contributed by atoms with van der Waals surface area (Å²) in [4.78, 5) is 0. The molecule has 1 N–H and O–H groups in total. The third kappa shape index (κ3) is 5.23. The van der Waals surface area contributed by atoms with Crippen molar-refractivity contribution >= 4 is 11.8 Å². The van der Waals surface area contributed by atoms with E-state index in [1.54, 1.807) is 0 Å². The lowest BCUT2D eigenvalue weighted by atomic mass is 9.93. The minimum Gasteiger partial charge on any atom is -0.375 e. The van der Waals surface area contributed by atoms with Crippen molar-refractivity contribution in [3.8, 4) is 0 Å². The van der Waals surface area contributed by atoms with Gasteiger partial charge in [-0.3, -0.25) is 0 Å². The molecule has 0 amide bonds. The van der Waals surface area contributed by atoms with Crippen LogP contribution in [0.1, 0.15) is 40.0 Å². The molecule has 2 unspecified atom stereocenters. The number of rotatable bonds is 5. The molecule has 1 heterocycles. The SMILES string of the molecule is CSCCC(C)NC1CCOC(C)(C)C1. The van der Waals surface area contributed by atoms with E-state index in [0.717, 1.165) is 19.4 Å². The summed E-state index contributed by atoms with van der Waals surface area (Å²) in [5.41, 5.74) is 0.0646. The van der Waals surface area contributed by atoms with Gasteiger partial charge in [-0.15, -0.1) is 0 Å². The second-order valence-corrected chi connectivity index (χ2v) is 6.13. The standard InChI is InChI=1S/C12H25NOS/c1-10(6-8-15-4)13-11-5-7-14-12(2,3)9-11/h10-11,13H,5-9H2,1-4H3. The zero-order chi connectivity index (χ0) is 11.3. The highest BCUT2D eigenvalue weighted by molar-refractivity contribution is 7.98. The molecule has 15 heavy (non-hydrogen) atoms. The maximum Gasteiger partial charge on any atom is 0.0641 e. The van der Waals surface area contributed by atoms with Crippen LogP contribution in [-0.4, -0.2) is 36.3 Å². The summed E-state index contributed by atoms with van der Waals surface area (Å²) >= 11 is 1.93. The normalized spacial score (nSPS) is 27.6. The van der Waals surface area contributed by atoms with Gasteiger partial charge in [0.25, 0.3) is 0 Å². The number of thioether (sulfide) groups is 1. The molecule has 1 fully saturated rings. The summed E-state index contributed by atoms with van der Waals surface area (Å²) in [5.74, 6) is 1.25. The quantitative estimate of drug-likeness (QED) is 0.786. The minimum absolute atomic E-state index is 0.0646. The summed E-state index contributed by atoms with van der Waals surface area (Å²) in [6.45, 7) is 7.57. The Balaban J connectivity index is 2.25. The van der Waals surface area contributed by atoms with Gasteiger partial charge in [-0.05, 0) is 52.0 Å². The molecule has 90 valence electrons. The summed E-state index contributed by atoms with van der Waals surface area (Å²) in [7, 11) is 0. The molecule has 0 spiro atoms. The fourth-order valence-electron chi connectivity index (χ4n) is 2.15. The Hall–Kier alpha value is 0.270. The van der Waals surface area contributed by atoms with E-state index < -0.39 is 0 Å². The van der Waals surface area contributed by atoms with Crippen LogP contribution in [0.15, 0.2) is 0 Å². The Labute approximate surface area is 98.5 Å². The predicted molar refractivity (Wildman–Crippen MR) is 68.6 cm³/mol. The lowest BCUT2D eigenvalue weighted by molar-refractivity contribution is -0.0639. The lowest BCUT2D eigenvalue weighted by Crippen LogP contribution is -2.46. The van der Waals surface area contributed by atoms with Crippen molar-refractivity contribution in [2.75, 3.05) is 18.6 Å². The van der Waals surface area contributed by atoms with Gasteiger partial charge >= 0.3 is 0 Å². The zero-order valence-corrected chi connectivity index (χ0v) is 11.3. The first-order valence-electron chi connectivity index (χ1n) is 5.92. The van der Waals surface area contributed by atoms with Gasteiger partial charge in [0.1, 0.15) is 0 Å². The maximum absolute atomic E-state index is 5.71. The molecule has 1 aliphatic rings. The first kappa shape index (κ1) is 13.3. The van der Waals surface area contributed by atoms with Crippen molar-refractivity contribution in [3.05, 3.63) is 0 Å². The van der Waals surface area contributed by atoms with E-state index in [0.29, 0.717) is 12.1 Å². The van der Waals surface area contributed by atoms with Gasteiger partial charge in [-0.2, -0.15) is 11.8 Å². The van der Waals surface area contributed by atoms with Crippen molar-refractivity contribution in [1.82, 2.24) is 5.32 Å². The van der Waals surface area contributed by atoms with Gasteiger partial charge in [0.2, 0.25) is 0 Å². The summed E-state index contributed by atoms with van der Waals surface area (Å²) in [5, 5.41) is 3.72. The van der Waals surface area contributed by atoms with Crippen LogP contribution >= 0.6 is 11.8 Å². The fourth-order valence-corrected chi connectivity index (χ4v) is 2.74. The molecule has 0 aromatic heterocycles. The Bertz CT molecular complexity index is 184. The number of nitrogens with one attached hydrogen (secondary N) is 1. The number of hydrogen-bond acceptors (Lipinski definition) is 3. The van der Waals surface area contributed by atoms with E-state index in [9.17, 15) is 0 Å². The van der Waals surface area contributed by atoms with E-state index in [4.69, 9.17) is 4.74 Å². The molecule has 1 rings (SSSR count). The number of ether oxygens (including phenoxy) is 1. The molecule has 0 radical (unpaired) electrons. The van der Waals surface area contributed by atoms with Crippen LogP contribution in [0.25, 0.3) is 0 Å². The Morgan fingerprint density at radius 3 is 2.87 bits per heavy atom. The van der Waals surface area contributed by atoms with Crippen molar-refractivity contribution in [2.45, 2.75) is 57.7 Å². The average Bonchev–Trinajstić information content (AvgIpc) is 2.13. The van der Waals surface area contributed by atoms with Crippen LogP contribution in [0, 0.1) is 0 Å². The van der Waals surface area contributed by atoms with Crippen LogP contribution in [0.5, 0.6) is 0 Å². The molecule has 0 aromatic rings. The molecular formula is C12H25NOS. The van der Waals surface area contributed by atoms with E-state index in [1.165, 1.54) is 12.2 Å². The third-order valence-corrected chi connectivity index (χ3v) is 3.62. The molecule has 2 atom stereocenters. The van der Waals surface area contributed by atoms with Gasteiger partial charge in [0.05, 0.1) is 5.60 Å². The highest BCUT2D eigenvalue weighted by Crippen LogP contribution is 2.24. The van der Waals surface area contributed by atoms with E-state index in [2.05, 4.69) is 32.3 Å². The van der Waals surface area contributed by atoms with Crippen molar-refractivity contribution in [2.24, 2.45) is 0 Å². The largest absolute Gasteiger partial charge is 0.375 e. The Morgan fingerprint density at radius 2 is 2.27 bits per heavy atom. The van der Waals surface area contributed by atoms with Crippen LogP contribution < -0.4 is 5.32 Å². The molecular weight excluding hydrogens is 206 g/mol. The topological polar surface area (TPSA) is 21.3 Å². The van der Waals surface area contributed by atoms with Crippen molar-refractivity contribution in [1.29, 1.82) is 0 Å². The van der Waals surface area contributed by atoms with Crippen molar-refractivity contribution < 1.29 is 4.74 Å². The second kappa shape index (κ2) is 6.12. The minimum atomic E-state index is 0.0646. The highest BCUT2D eigenvalue weighted by Gasteiger charge is 2.29. The highest BCUT2D eigenvalue weighted by atomic mass is 32.2. The summed E-state index contributed by atoms with van der Waals surface area (Å²) in [6.07, 6.45) is 5.73. The van der Waals surface area contributed by atoms with E-state index in [-0.39, 0.29) is 5.60 Å².